The lowest BCUT2D eigenvalue weighted by Crippen LogP contribution is -2.50. The summed E-state index contributed by atoms with van der Waals surface area (Å²) >= 11 is 0. The zero-order valence-corrected chi connectivity index (χ0v) is 30.4. The van der Waals surface area contributed by atoms with Crippen molar-refractivity contribution < 1.29 is 24.3 Å². The van der Waals surface area contributed by atoms with E-state index in [9.17, 15) is 9.59 Å². The van der Waals surface area contributed by atoms with Gasteiger partial charge in [-0.2, -0.15) is 0 Å². The Bertz CT molecular complexity index is 916. The normalized spacial score (nSPS) is 11.2. The van der Waals surface area contributed by atoms with Crippen molar-refractivity contribution in [3.8, 4) is 0 Å². The smallest absolute Gasteiger partial charge is 0.335 e. The largest absolute Gasteiger partial charge is 0.478 e. The van der Waals surface area contributed by atoms with Crippen molar-refractivity contribution in [1.29, 1.82) is 0 Å². The van der Waals surface area contributed by atoms with Crippen LogP contribution in [-0.2, 0) is 0 Å². The molecule has 7 heteroatoms. The zero-order chi connectivity index (χ0) is 33.2. The highest BCUT2D eigenvalue weighted by atomic mass is 33.1. The molecule has 0 aliphatic rings. The molecular formula is C38H62NO4S2+. The van der Waals surface area contributed by atoms with Crippen LogP contribution in [0.4, 0.5) is 0 Å². The number of hydrogen-bond donors (Lipinski definition) is 2. The van der Waals surface area contributed by atoms with Gasteiger partial charge in [0.05, 0.1) is 37.3 Å². The van der Waals surface area contributed by atoms with Crippen molar-refractivity contribution in [1.82, 2.24) is 0 Å². The summed E-state index contributed by atoms with van der Waals surface area (Å²) in [5.74, 6) is -1.89. The molecule has 254 valence electrons. The Labute approximate surface area is 283 Å². The number of rotatable bonds is 25. The number of benzene rings is 2. The van der Waals surface area contributed by atoms with Crippen LogP contribution in [0.2, 0.25) is 0 Å². The van der Waals surface area contributed by atoms with Crippen LogP contribution < -0.4 is 0 Å². The van der Waals surface area contributed by atoms with Crippen LogP contribution in [0.25, 0.3) is 0 Å². The van der Waals surface area contributed by atoms with Crippen molar-refractivity contribution in [2.75, 3.05) is 26.2 Å². The summed E-state index contributed by atoms with van der Waals surface area (Å²) in [7, 11) is 2.97. The SMILES string of the molecule is CCCCCC[N+](CCCCCC)(CCCCCC)CCCCCC.O=C(O)c1ccc(SSc2ccc(C(=O)O)cc2)cc1. The molecule has 5 nitrogen and oxygen atoms in total. The van der Waals surface area contributed by atoms with Gasteiger partial charge in [-0.15, -0.1) is 0 Å². The topological polar surface area (TPSA) is 74.6 Å². The highest BCUT2D eigenvalue weighted by molar-refractivity contribution is 8.76. The molecule has 2 N–H and O–H groups in total. The van der Waals surface area contributed by atoms with Gasteiger partial charge in [-0.1, -0.05) is 101 Å². The van der Waals surface area contributed by atoms with E-state index in [1.165, 1.54) is 155 Å². The van der Waals surface area contributed by atoms with Crippen molar-refractivity contribution in [2.45, 2.75) is 140 Å². The van der Waals surface area contributed by atoms with Crippen molar-refractivity contribution in [3.63, 3.8) is 0 Å². The molecule has 2 rings (SSSR count). The molecule has 0 radical (unpaired) electrons. The van der Waals surface area contributed by atoms with Gasteiger partial charge in [0, 0.05) is 9.79 Å². The number of quaternary nitrogens is 1. The molecule has 0 fully saturated rings. The maximum absolute atomic E-state index is 10.7. The van der Waals surface area contributed by atoms with Crippen molar-refractivity contribution in [3.05, 3.63) is 59.7 Å². The van der Waals surface area contributed by atoms with Crippen LogP contribution in [0, 0.1) is 0 Å². The van der Waals surface area contributed by atoms with E-state index in [0.717, 1.165) is 9.79 Å². The van der Waals surface area contributed by atoms with E-state index in [4.69, 9.17) is 10.2 Å². The van der Waals surface area contributed by atoms with Gasteiger partial charge in [0.15, 0.2) is 0 Å². The fraction of sp³-hybridized carbons (Fsp3) is 0.632. The minimum atomic E-state index is -0.946. The third kappa shape index (κ3) is 19.3. The Morgan fingerprint density at radius 1 is 0.467 bits per heavy atom. The molecule has 0 saturated heterocycles. The highest BCUT2D eigenvalue weighted by Gasteiger charge is 2.25. The minimum absolute atomic E-state index is 0.255. The van der Waals surface area contributed by atoms with E-state index in [-0.39, 0.29) is 11.1 Å². The lowest BCUT2D eigenvalue weighted by molar-refractivity contribution is -0.929. The maximum Gasteiger partial charge on any atom is 0.335 e. The van der Waals surface area contributed by atoms with Gasteiger partial charge >= 0.3 is 11.9 Å². The molecule has 0 aromatic heterocycles. The summed E-state index contributed by atoms with van der Waals surface area (Å²) in [6, 6.07) is 13.2. The first-order valence-electron chi connectivity index (χ1n) is 17.7. The second kappa shape index (κ2) is 26.1. The molecule has 0 spiro atoms. The summed E-state index contributed by atoms with van der Waals surface area (Å²) in [4.78, 5) is 23.3. The summed E-state index contributed by atoms with van der Waals surface area (Å²) in [5, 5.41) is 17.6. The summed E-state index contributed by atoms with van der Waals surface area (Å²) in [5.41, 5.74) is 0.510. The van der Waals surface area contributed by atoms with Gasteiger partial charge < -0.3 is 14.7 Å². The first kappa shape index (κ1) is 41.1. The number of carbonyl (C=O) groups is 2. The minimum Gasteiger partial charge on any atom is -0.478 e. The molecule has 0 aliphatic carbocycles. The van der Waals surface area contributed by atoms with E-state index >= 15 is 0 Å². The number of aromatic carboxylic acids is 2. The van der Waals surface area contributed by atoms with E-state index in [1.807, 2.05) is 0 Å². The lowest BCUT2D eigenvalue weighted by atomic mass is 10.1. The van der Waals surface area contributed by atoms with E-state index in [2.05, 4.69) is 27.7 Å². The quantitative estimate of drug-likeness (QED) is 0.0627. The second-order valence-corrected chi connectivity index (χ2v) is 14.6. The standard InChI is InChI=1S/C24H52N.C14H10O4S2/c1-5-9-13-17-21-25(22-18-14-10-6-2,23-19-15-11-7-3)24-20-16-12-8-4;15-13(16)9-1-5-11(6-2-9)19-20-12-7-3-10(4-8-12)14(17)18/h5-24H2,1-4H3;1-8H,(H,15,16)(H,17,18)/q+1;. The predicted molar refractivity (Wildman–Crippen MR) is 195 cm³/mol. The Balaban J connectivity index is 0.000000459. The molecule has 0 aliphatic heterocycles. The number of unbranched alkanes of at least 4 members (excludes halogenated alkanes) is 12. The average molecular weight is 661 g/mol. The molecule has 45 heavy (non-hydrogen) atoms. The average Bonchev–Trinajstić information content (AvgIpc) is 3.05. The number of carboxylic acids is 2. The van der Waals surface area contributed by atoms with Crippen LogP contribution in [0.5, 0.6) is 0 Å². The predicted octanol–water partition coefficient (Wildman–Crippen LogP) is 12.0. The Morgan fingerprint density at radius 3 is 0.956 bits per heavy atom. The fourth-order valence-electron chi connectivity index (χ4n) is 5.57. The van der Waals surface area contributed by atoms with E-state index in [0.29, 0.717) is 0 Å². The van der Waals surface area contributed by atoms with Crippen LogP contribution in [0.1, 0.15) is 151 Å². The van der Waals surface area contributed by atoms with Crippen LogP contribution >= 0.6 is 21.6 Å². The Kier molecular flexibility index (Phi) is 23.9. The molecule has 0 saturated carbocycles. The van der Waals surface area contributed by atoms with Crippen LogP contribution in [0.3, 0.4) is 0 Å². The first-order valence-corrected chi connectivity index (χ1v) is 19.8. The van der Waals surface area contributed by atoms with Gasteiger partial charge in [0.1, 0.15) is 0 Å². The molecule has 2 aromatic carbocycles. The summed E-state index contributed by atoms with van der Waals surface area (Å²) in [6.45, 7) is 15.2. The van der Waals surface area contributed by atoms with Gasteiger partial charge in [0.25, 0.3) is 0 Å². The first-order chi connectivity index (χ1) is 21.8. The molecule has 0 unspecified atom stereocenters. The highest BCUT2D eigenvalue weighted by Crippen LogP contribution is 2.37. The Morgan fingerprint density at radius 2 is 0.733 bits per heavy atom. The van der Waals surface area contributed by atoms with Crippen molar-refractivity contribution in [2.24, 2.45) is 0 Å². The molecule has 0 bridgehead atoms. The summed E-state index contributed by atoms with van der Waals surface area (Å²) < 4.78 is 1.46. The van der Waals surface area contributed by atoms with Gasteiger partial charge in [-0.3, -0.25) is 0 Å². The van der Waals surface area contributed by atoms with Crippen molar-refractivity contribution >= 4 is 33.5 Å². The second-order valence-electron chi connectivity index (χ2n) is 12.3. The van der Waals surface area contributed by atoms with Crippen LogP contribution in [-0.4, -0.2) is 52.8 Å². The third-order valence-corrected chi connectivity index (χ3v) is 10.8. The molecule has 0 amide bonds. The molecular weight excluding hydrogens is 599 g/mol. The monoisotopic (exact) mass is 660 g/mol. The molecule has 2 aromatic rings. The fourth-order valence-corrected chi connectivity index (χ4v) is 7.50. The van der Waals surface area contributed by atoms with Gasteiger partial charge in [-0.25, -0.2) is 9.59 Å². The molecule has 0 heterocycles. The van der Waals surface area contributed by atoms with E-state index < -0.39 is 11.9 Å². The third-order valence-electron chi connectivity index (χ3n) is 8.38. The number of carboxylic acid groups (broad SMARTS) is 2. The maximum atomic E-state index is 10.7. The molecule has 0 atom stereocenters. The Hall–Kier alpha value is -1.96. The zero-order valence-electron chi connectivity index (χ0n) is 28.7. The number of nitrogens with zero attached hydrogens (tertiary/aromatic N) is 1. The number of hydrogen-bond acceptors (Lipinski definition) is 4. The lowest BCUT2D eigenvalue weighted by Gasteiger charge is -2.39. The summed E-state index contributed by atoms with van der Waals surface area (Å²) in [6.07, 6.45) is 22.8. The van der Waals surface area contributed by atoms with Gasteiger partial charge in [-0.05, 0) is 99.9 Å². The van der Waals surface area contributed by atoms with Crippen LogP contribution in [0.15, 0.2) is 58.3 Å². The van der Waals surface area contributed by atoms with E-state index in [1.54, 1.807) is 48.5 Å². The van der Waals surface area contributed by atoms with Gasteiger partial charge in [0.2, 0.25) is 0 Å².